The number of benzene rings is 1. The van der Waals surface area contributed by atoms with E-state index in [1.807, 2.05) is 0 Å². The van der Waals surface area contributed by atoms with Gasteiger partial charge < -0.3 is 25.4 Å². The molecule has 0 saturated heterocycles. The van der Waals surface area contributed by atoms with Crippen molar-refractivity contribution in [2.75, 3.05) is 14.2 Å². The van der Waals surface area contributed by atoms with Gasteiger partial charge in [0.2, 0.25) is 5.91 Å². The van der Waals surface area contributed by atoms with Crippen LogP contribution in [0.5, 0.6) is 11.5 Å². The molecule has 0 spiro atoms. The molecule has 0 aliphatic rings. The van der Waals surface area contributed by atoms with Crippen LogP contribution in [0, 0.1) is 0 Å². The first-order chi connectivity index (χ1) is 8.01. The van der Waals surface area contributed by atoms with Gasteiger partial charge in [-0.3, -0.25) is 4.79 Å². The highest BCUT2D eigenvalue weighted by atomic mass is 16.5. The molecular formula is C11H15NO5. The van der Waals surface area contributed by atoms with Crippen LogP contribution in [-0.4, -0.2) is 36.4 Å². The normalized spacial score (nSPS) is 13.9. The first kappa shape index (κ1) is 13.3. The Morgan fingerprint density at radius 2 is 1.94 bits per heavy atom. The van der Waals surface area contributed by atoms with Gasteiger partial charge in [0, 0.05) is 5.56 Å². The average molecular weight is 241 g/mol. The fraction of sp³-hybridized carbons (Fsp3) is 0.364. The molecule has 0 fully saturated rings. The lowest BCUT2D eigenvalue weighted by Crippen LogP contribution is -2.34. The van der Waals surface area contributed by atoms with Crippen molar-refractivity contribution >= 4 is 5.91 Å². The molecule has 0 aromatic heterocycles. The van der Waals surface area contributed by atoms with Crippen molar-refractivity contribution in [2.45, 2.75) is 12.2 Å². The summed E-state index contributed by atoms with van der Waals surface area (Å²) in [6.45, 7) is 0. The number of methoxy groups -OCH3 is 2. The van der Waals surface area contributed by atoms with E-state index in [0.29, 0.717) is 11.5 Å². The Morgan fingerprint density at radius 3 is 2.41 bits per heavy atom. The Hall–Kier alpha value is -1.79. The van der Waals surface area contributed by atoms with E-state index in [9.17, 15) is 15.0 Å². The van der Waals surface area contributed by atoms with Crippen molar-refractivity contribution in [1.29, 1.82) is 0 Å². The van der Waals surface area contributed by atoms with Crippen molar-refractivity contribution in [2.24, 2.45) is 5.73 Å². The first-order valence-corrected chi connectivity index (χ1v) is 4.88. The second kappa shape index (κ2) is 5.51. The highest BCUT2D eigenvalue weighted by molar-refractivity contribution is 5.79. The van der Waals surface area contributed by atoms with Gasteiger partial charge in [-0.15, -0.1) is 0 Å². The zero-order chi connectivity index (χ0) is 13.0. The summed E-state index contributed by atoms with van der Waals surface area (Å²) >= 11 is 0. The lowest BCUT2D eigenvalue weighted by molar-refractivity contribution is -0.132. The van der Waals surface area contributed by atoms with Gasteiger partial charge in [-0.1, -0.05) is 0 Å². The SMILES string of the molecule is COc1ccc(OC)c(C(O)C(O)C(N)=O)c1. The zero-order valence-corrected chi connectivity index (χ0v) is 9.58. The Labute approximate surface area is 98.6 Å². The summed E-state index contributed by atoms with van der Waals surface area (Å²) in [6.07, 6.45) is -3.16. The molecule has 6 nitrogen and oxygen atoms in total. The standard InChI is InChI=1S/C11H15NO5/c1-16-6-3-4-8(17-2)7(5-6)9(13)10(14)11(12)15/h3-5,9-10,13-14H,1-2H3,(H2,12,15). The van der Waals surface area contributed by atoms with Gasteiger partial charge >= 0.3 is 0 Å². The van der Waals surface area contributed by atoms with Crippen LogP contribution in [0.2, 0.25) is 0 Å². The van der Waals surface area contributed by atoms with Crippen LogP contribution in [0.1, 0.15) is 11.7 Å². The number of aliphatic hydroxyl groups excluding tert-OH is 2. The van der Waals surface area contributed by atoms with Crippen LogP contribution < -0.4 is 15.2 Å². The third-order valence-corrected chi connectivity index (χ3v) is 2.35. The Kier molecular flexibility index (Phi) is 4.30. The summed E-state index contributed by atoms with van der Waals surface area (Å²) in [6, 6.07) is 4.66. The van der Waals surface area contributed by atoms with Crippen LogP contribution in [0.4, 0.5) is 0 Å². The molecule has 1 rings (SSSR count). The molecule has 0 aliphatic heterocycles. The topological polar surface area (TPSA) is 102 Å². The number of carbonyl (C=O) groups excluding carboxylic acids is 1. The maximum absolute atomic E-state index is 10.8. The van der Waals surface area contributed by atoms with E-state index in [0.717, 1.165) is 0 Å². The maximum Gasteiger partial charge on any atom is 0.249 e. The average Bonchev–Trinajstić information content (AvgIpc) is 2.35. The number of ether oxygens (including phenoxy) is 2. The van der Waals surface area contributed by atoms with Gasteiger partial charge in [0.15, 0.2) is 6.10 Å². The number of amides is 1. The van der Waals surface area contributed by atoms with Gasteiger partial charge in [0.1, 0.15) is 17.6 Å². The minimum absolute atomic E-state index is 0.234. The van der Waals surface area contributed by atoms with Crippen molar-refractivity contribution in [1.82, 2.24) is 0 Å². The predicted molar refractivity (Wildman–Crippen MR) is 59.7 cm³/mol. The van der Waals surface area contributed by atoms with Crippen LogP contribution in [0.25, 0.3) is 0 Å². The Morgan fingerprint density at radius 1 is 1.29 bits per heavy atom. The van der Waals surface area contributed by atoms with Gasteiger partial charge in [-0.05, 0) is 18.2 Å². The van der Waals surface area contributed by atoms with Crippen molar-refractivity contribution in [3.05, 3.63) is 23.8 Å². The van der Waals surface area contributed by atoms with Crippen molar-refractivity contribution in [3.8, 4) is 11.5 Å². The third kappa shape index (κ3) is 2.86. The van der Waals surface area contributed by atoms with Gasteiger partial charge in [0.05, 0.1) is 14.2 Å². The largest absolute Gasteiger partial charge is 0.497 e. The summed E-state index contributed by atoms with van der Waals surface area (Å²) < 4.78 is 10.00. The van der Waals surface area contributed by atoms with Crippen LogP contribution in [-0.2, 0) is 4.79 Å². The van der Waals surface area contributed by atoms with E-state index in [2.05, 4.69) is 0 Å². The number of rotatable bonds is 5. The molecule has 0 aliphatic carbocycles. The van der Waals surface area contributed by atoms with E-state index in [4.69, 9.17) is 15.2 Å². The van der Waals surface area contributed by atoms with Crippen molar-refractivity contribution < 1.29 is 24.5 Å². The van der Waals surface area contributed by atoms with Crippen molar-refractivity contribution in [3.63, 3.8) is 0 Å². The van der Waals surface area contributed by atoms with E-state index < -0.39 is 18.1 Å². The molecule has 17 heavy (non-hydrogen) atoms. The number of hydrogen-bond donors (Lipinski definition) is 3. The molecule has 2 atom stereocenters. The van der Waals surface area contributed by atoms with E-state index in [1.54, 1.807) is 12.1 Å². The van der Waals surface area contributed by atoms with E-state index in [-0.39, 0.29) is 5.56 Å². The van der Waals surface area contributed by atoms with E-state index >= 15 is 0 Å². The fourth-order valence-electron chi connectivity index (χ4n) is 1.40. The summed E-state index contributed by atoms with van der Waals surface area (Å²) in [5.41, 5.74) is 5.15. The number of carbonyl (C=O) groups is 1. The van der Waals surface area contributed by atoms with Gasteiger partial charge in [0.25, 0.3) is 0 Å². The second-order valence-corrected chi connectivity index (χ2v) is 3.40. The number of aliphatic hydroxyl groups is 2. The summed E-state index contributed by atoms with van der Waals surface area (Å²) in [5, 5.41) is 19.2. The highest BCUT2D eigenvalue weighted by Crippen LogP contribution is 2.30. The summed E-state index contributed by atoms with van der Waals surface area (Å²) in [5.74, 6) is -0.211. The molecule has 0 bridgehead atoms. The lowest BCUT2D eigenvalue weighted by Gasteiger charge is -2.18. The molecule has 0 radical (unpaired) electrons. The molecular weight excluding hydrogens is 226 g/mol. The maximum atomic E-state index is 10.8. The van der Waals surface area contributed by atoms with Crippen LogP contribution in [0.3, 0.4) is 0 Å². The fourth-order valence-corrected chi connectivity index (χ4v) is 1.40. The summed E-state index contributed by atoms with van der Waals surface area (Å²) in [7, 11) is 2.87. The lowest BCUT2D eigenvalue weighted by atomic mass is 10.0. The number of primary amides is 1. The van der Waals surface area contributed by atoms with Crippen LogP contribution in [0.15, 0.2) is 18.2 Å². The molecule has 0 heterocycles. The second-order valence-electron chi connectivity index (χ2n) is 3.40. The molecule has 1 amide bonds. The third-order valence-electron chi connectivity index (χ3n) is 2.35. The van der Waals surface area contributed by atoms with E-state index in [1.165, 1.54) is 20.3 Å². The highest BCUT2D eigenvalue weighted by Gasteiger charge is 2.26. The Bertz CT molecular complexity index is 407. The quantitative estimate of drug-likeness (QED) is 0.650. The summed E-state index contributed by atoms with van der Waals surface area (Å²) in [4.78, 5) is 10.8. The molecule has 2 unspecified atom stereocenters. The zero-order valence-electron chi connectivity index (χ0n) is 9.58. The van der Waals surface area contributed by atoms with Gasteiger partial charge in [-0.25, -0.2) is 0 Å². The molecule has 94 valence electrons. The van der Waals surface area contributed by atoms with Gasteiger partial charge in [-0.2, -0.15) is 0 Å². The number of hydrogen-bond acceptors (Lipinski definition) is 5. The minimum Gasteiger partial charge on any atom is -0.497 e. The molecule has 4 N–H and O–H groups in total. The molecule has 1 aromatic rings. The number of nitrogens with two attached hydrogens (primary N) is 1. The minimum atomic E-state index is -1.70. The predicted octanol–water partition coefficient (Wildman–Crippen LogP) is -0.417. The first-order valence-electron chi connectivity index (χ1n) is 4.88. The molecule has 0 saturated carbocycles. The Balaban J connectivity index is 3.13. The molecule has 6 heteroatoms. The van der Waals surface area contributed by atoms with Crippen LogP contribution >= 0.6 is 0 Å². The monoisotopic (exact) mass is 241 g/mol. The smallest absolute Gasteiger partial charge is 0.249 e. The molecule has 1 aromatic carbocycles.